The van der Waals surface area contributed by atoms with E-state index in [2.05, 4.69) is 61.2 Å². The third-order valence-corrected chi connectivity index (χ3v) is 6.70. The van der Waals surface area contributed by atoms with E-state index in [0.29, 0.717) is 58.8 Å². The average Bonchev–Trinajstić information content (AvgIpc) is 3.94. The molecule has 18 nitrogen and oxygen atoms in total. The minimum Gasteiger partial charge on any atom is -0.870 e. The Kier molecular flexibility index (Phi) is 24.0. The summed E-state index contributed by atoms with van der Waals surface area (Å²) in [6, 6.07) is 21.3. The van der Waals surface area contributed by atoms with E-state index >= 15 is 0 Å². The van der Waals surface area contributed by atoms with E-state index in [1.807, 2.05) is 62.3 Å². The van der Waals surface area contributed by atoms with Crippen molar-refractivity contribution in [2.45, 2.75) is 0 Å². The van der Waals surface area contributed by atoms with Crippen molar-refractivity contribution in [1.29, 1.82) is 0 Å². The smallest absolute Gasteiger partial charge is 0.870 e. The third kappa shape index (κ3) is 17.6. The molecule has 6 aromatic rings. The fourth-order valence-corrected chi connectivity index (χ4v) is 3.92. The first-order valence-corrected chi connectivity index (χ1v) is 16.4. The van der Waals surface area contributed by atoms with Gasteiger partial charge >= 0.3 is 33.0 Å². The maximum Gasteiger partial charge on any atom is 3.00 e. The molecule has 0 N–H and O–H groups in total. The van der Waals surface area contributed by atoms with Gasteiger partial charge < -0.3 is 39.7 Å². The number of pyridine rings is 2. The van der Waals surface area contributed by atoms with Gasteiger partial charge in [-0.2, -0.15) is 10.4 Å². The van der Waals surface area contributed by atoms with Crippen LogP contribution in [0.5, 0.6) is 23.0 Å². The summed E-state index contributed by atoms with van der Waals surface area (Å²) in [6.07, 6.45) is 6.56. The molecule has 2 radical (unpaired) electrons. The fraction of sp³-hybridized carbons (Fsp3) is 0.278. The molecule has 0 aliphatic heterocycles. The van der Waals surface area contributed by atoms with Gasteiger partial charge in [0, 0.05) is 37.9 Å². The predicted molar refractivity (Wildman–Crippen MR) is 200 cm³/mol. The quantitative estimate of drug-likeness (QED) is 0.125. The molecule has 2 aromatic carbocycles. The van der Waals surface area contributed by atoms with Crippen LogP contribution in [0.15, 0.2) is 95.2 Å². The van der Waals surface area contributed by atoms with Crippen molar-refractivity contribution in [2.75, 3.05) is 68.6 Å². The minimum atomic E-state index is -0.112. The van der Waals surface area contributed by atoms with Gasteiger partial charge in [-0.3, -0.25) is 40.6 Å². The predicted octanol–water partition coefficient (Wildman–Crippen LogP) is 1.28. The number of hydrogen-bond donors (Lipinski definition) is 0. The zero-order chi connectivity index (χ0) is 39.0. The first kappa shape index (κ1) is 48.3. The van der Waals surface area contributed by atoms with Gasteiger partial charge in [-0.25, -0.2) is 0 Å². The molecule has 0 amide bonds. The first-order chi connectivity index (χ1) is 26.2. The summed E-state index contributed by atoms with van der Waals surface area (Å²) in [4.78, 5) is 20.5. The Bertz CT molecular complexity index is 1800. The molecule has 6 rings (SSSR count). The summed E-state index contributed by atoms with van der Waals surface area (Å²) in [5.41, 5.74) is 2.52. The molecule has 0 atom stereocenters. The number of likely N-dealkylation sites (N-methyl/N-ethyl adjacent to an activating group) is 2. The molecular weight excluding hydrogens is 810 g/mol. The molecule has 0 bridgehead atoms. The van der Waals surface area contributed by atoms with Gasteiger partial charge in [0.05, 0.1) is 50.3 Å². The minimum absolute atomic E-state index is 0. The van der Waals surface area contributed by atoms with Crippen molar-refractivity contribution in [2.24, 2.45) is 9.98 Å². The van der Waals surface area contributed by atoms with Gasteiger partial charge in [-0.15, -0.1) is 0 Å². The molecule has 0 saturated carbocycles. The summed E-state index contributed by atoms with van der Waals surface area (Å²) in [7, 11) is 10.9. The summed E-state index contributed by atoms with van der Waals surface area (Å²) in [6.45, 7) is 3.11. The Morgan fingerprint density at radius 2 is 1.02 bits per heavy atom. The van der Waals surface area contributed by atoms with Gasteiger partial charge in [0.2, 0.25) is 0 Å². The Labute approximate surface area is 345 Å². The average molecular weight is 852 g/mol. The number of ether oxygens (including phenoxy) is 2. The van der Waals surface area contributed by atoms with Crippen LogP contribution in [0.2, 0.25) is 0 Å². The van der Waals surface area contributed by atoms with Crippen LogP contribution in [-0.2, 0) is 33.0 Å². The Hall–Kier alpha value is -5.67. The van der Waals surface area contributed by atoms with Crippen LogP contribution in [0, 0.1) is 0 Å². The van der Waals surface area contributed by atoms with Crippen LogP contribution < -0.4 is 29.9 Å². The van der Waals surface area contributed by atoms with Gasteiger partial charge in [0.1, 0.15) is 11.5 Å². The van der Waals surface area contributed by atoms with E-state index in [-0.39, 0.29) is 44.5 Å². The van der Waals surface area contributed by atoms with Crippen molar-refractivity contribution in [3.05, 3.63) is 96.3 Å². The maximum absolute atomic E-state index is 11.7. The number of benzene rings is 2. The van der Waals surface area contributed by atoms with Crippen LogP contribution in [0.4, 0.5) is 0 Å². The van der Waals surface area contributed by atoms with Crippen molar-refractivity contribution in [3.8, 4) is 46.0 Å². The molecule has 0 aliphatic carbocycles. The van der Waals surface area contributed by atoms with Crippen LogP contribution in [0.3, 0.4) is 0 Å². The van der Waals surface area contributed by atoms with Crippen LogP contribution in [0.25, 0.3) is 23.0 Å². The van der Waals surface area contributed by atoms with E-state index < -0.39 is 0 Å². The number of rotatable bonds is 12. The van der Waals surface area contributed by atoms with Crippen LogP contribution in [0.1, 0.15) is 11.1 Å². The van der Waals surface area contributed by atoms with Crippen molar-refractivity contribution in [1.82, 2.24) is 61.0 Å². The number of methoxy groups -OCH3 is 2. The number of aromatic nitrogens is 10. The summed E-state index contributed by atoms with van der Waals surface area (Å²) < 4.78 is 9.90. The maximum atomic E-state index is 11.7. The second-order valence-electron chi connectivity index (χ2n) is 11.3. The first-order valence-electron chi connectivity index (χ1n) is 16.4. The molecule has 0 fully saturated rings. The molecule has 0 saturated heterocycles. The third-order valence-electron chi connectivity index (χ3n) is 6.70. The number of aliphatic imine (C=N–C) groups is 2. The van der Waals surface area contributed by atoms with E-state index in [1.165, 1.54) is 14.2 Å². The molecule has 4 heterocycles. The molecule has 56 heavy (non-hydrogen) atoms. The largest absolute Gasteiger partial charge is 3.00 e. The van der Waals surface area contributed by atoms with Crippen LogP contribution in [-0.4, -0.2) is 132 Å². The van der Waals surface area contributed by atoms with E-state index in [9.17, 15) is 10.2 Å². The monoisotopic (exact) mass is 850 g/mol. The van der Waals surface area contributed by atoms with Gasteiger partial charge in [0.25, 0.3) is 0 Å². The molecule has 0 aliphatic rings. The zero-order valence-electron chi connectivity index (χ0n) is 31.6. The Morgan fingerprint density at radius 1 is 0.607 bits per heavy atom. The topological polar surface area (TPSA) is 227 Å². The Balaban J connectivity index is 0.000000373. The van der Waals surface area contributed by atoms with Crippen molar-refractivity contribution in [3.63, 3.8) is 0 Å². The second kappa shape index (κ2) is 27.8. The zero-order valence-corrected chi connectivity index (χ0v) is 33.6. The van der Waals surface area contributed by atoms with Crippen molar-refractivity contribution < 1.29 is 52.7 Å². The number of nitrogens with zero attached hydrogens (tertiary/aromatic N) is 14. The molecule has 0 spiro atoms. The van der Waals surface area contributed by atoms with E-state index in [1.54, 1.807) is 73.4 Å². The number of tetrazole rings is 2. The van der Waals surface area contributed by atoms with E-state index in [4.69, 9.17) is 9.47 Å². The molecular formula is C36H42N14Ni2O4+2. The molecule has 0 unspecified atom stereocenters. The fourth-order valence-electron chi connectivity index (χ4n) is 3.92. The van der Waals surface area contributed by atoms with Gasteiger partial charge in [-0.05, 0) is 75.7 Å². The molecule has 298 valence electrons. The second-order valence-corrected chi connectivity index (χ2v) is 11.3. The summed E-state index contributed by atoms with van der Waals surface area (Å²) in [5, 5.41) is 51.4. The Morgan fingerprint density at radius 3 is 1.32 bits per heavy atom. The molecule has 4 aromatic heterocycles. The number of hydrogen-bond acceptors (Lipinski definition) is 16. The van der Waals surface area contributed by atoms with E-state index in [0.717, 1.165) is 13.1 Å². The normalized spacial score (nSPS) is 10.3. The van der Waals surface area contributed by atoms with Crippen LogP contribution >= 0.6 is 0 Å². The summed E-state index contributed by atoms with van der Waals surface area (Å²) in [5.74, 6) is 1.42. The SMILES string of the molecule is COc1cccc(C=NCCN(C)C)c1[O-].COc1cccc(C=NCCN(C)C)c1[O-].[Ni+3].[Ni+3].c1ccc(-c2nnn[n-]2)nc1.c1ccc(-c2nnn[n-]2)nc1. The summed E-state index contributed by atoms with van der Waals surface area (Å²) >= 11 is 0. The van der Waals surface area contributed by atoms with Gasteiger partial charge in [-0.1, -0.05) is 47.9 Å². The number of para-hydroxylation sites is 2. The van der Waals surface area contributed by atoms with Gasteiger partial charge in [0.15, 0.2) is 0 Å². The molecule has 20 heteroatoms. The van der Waals surface area contributed by atoms with Crippen molar-refractivity contribution >= 4 is 12.4 Å². The standard InChI is InChI=1S/2C12H18N2O2.2C6H4N5.2Ni/c2*1-14(2)8-7-13-9-10-5-4-6-11(16-3)12(10)15;2*1-2-4-7-5(3-1)6-8-10-11-9-6;;/h2*4-6,9,15H,7-8H2,1-3H3;2*1-4H;;/q;;2*-1;2*+3/p-2.